The molecule has 0 aliphatic rings. The van der Waals surface area contributed by atoms with Gasteiger partial charge in [0.2, 0.25) is 10.0 Å². The van der Waals surface area contributed by atoms with E-state index in [1.807, 2.05) is 0 Å². The Hall–Kier alpha value is -1.11. The normalized spacial score (nSPS) is 11.8. The highest BCUT2D eigenvalue weighted by Crippen LogP contribution is 2.14. The molecule has 0 radical (unpaired) electrons. The molecule has 0 bridgehead atoms. The average molecular weight is 272 g/mol. The highest BCUT2D eigenvalue weighted by Gasteiger charge is 2.07. The number of hydrogen-bond donors (Lipinski definition) is 1. The monoisotopic (exact) mass is 272 g/mol. The van der Waals surface area contributed by atoms with Crippen molar-refractivity contribution in [2.75, 3.05) is 26.2 Å². The molecule has 0 saturated carbocycles. The lowest BCUT2D eigenvalue weighted by atomic mass is 10.3. The fraction of sp³-hybridized carbons (Fsp3) is 0.500. The summed E-state index contributed by atoms with van der Waals surface area (Å²) in [5, 5.41) is 5.01. The van der Waals surface area contributed by atoms with Crippen molar-refractivity contribution in [3.8, 4) is 5.75 Å². The van der Waals surface area contributed by atoms with Crippen molar-refractivity contribution in [2.45, 2.75) is 18.7 Å². The van der Waals surface area contributed by atoms with Gasteiger partial charge in [-0.2, -0.15) is 0 Å². The summed E-state index contributed by atoms with van der Waals surface area (Å²) in [5.74, 6) is 0.648. The molecule has 102 valence electrons. The molecule has 0 saturated heterocycles. The van der Waals surface area contributed by atoms with E-state index in [1.165, 1.54) is 12.1 Å². The molecule has 0 heterocycles. The van der Waals surface area contributed by atoms with Gasteiger partial charge in [-0.15, -0.1) is 0 Å². The molecule has 1 rings (SSSR count). The Balaban J connectivity index is 2.50. The second-order valence-electron chi connectivity index (χ2n) is 3.89. The SMILES string of the molecule is CCN(CC)CCOc1ccc(S(N)(=O)=O)cc1. The van der Waals surface area contributed by atoms with E-state index in [2.05, 4.69) is 18.7 Å². The maximum absolute atomic E-state index is 11.1. The first-order valence-corrected chi connectivity index (χ1v) is 7.50. The van der Waals surface area contributed by atoms with Crippen molar-refractivity contribution in [1.29, 1.82) is 0 Å². The zero-order valence-corrected chi connectivity index (χ0v) is 11.6. The third kappa shape index (κ3) is 4.64. The lowest BCUT2D eigenvalue weighted by Crippen LogP contribution is -2.27. The van der Waals surface area contributed by atoms with E-state index in [1.54, 1.807) is 12.1 Å². The maximum Gasteiger partial charge on any atom is 0.238 e. The van der Waals surface area contributed by atoms with Gasteiger partial charge >= 0.3 is 0 Å². The van der Waals surface area contributed by atoms with Crippen LogP contribution in [0.4, 0.5) is 0 Å². The van der Waals surface area contributed by atoms with Crippen LogP contribution in [0.1, 0.15) is 13.8 Å². The molecule has 0 atom stereocenters. The Kier molecular flexibility index (Phi) is 5.58. The average Bonchev–Trinajstić information content (AvgIpc) is 2.34. The van der Waals surface area contributed by atoms with Crippen LogP contribution in [-0.2, 0) is 10.0 Å². The molecule has 6 heteroatoms. The molecule has 0 fully saturated rings. The van der Waals surface area contributed by atoms with Gasteiger partial charge in [-0.25, -0.2) is 13.6 Å². The van der Waals surface area contributed by atoms with Crippen molar-refractivity contribution in [2.24, 2.45) is 5.14 Å². The number of sulfonamides is 1. The topological polar surface area (TPSA) is 72.6 Å². The van der Waals surface area contributed by atoms with E-state index in [9.17, 15) is 8.42 Å². The van der Waals surface area contributed by atoms with Crippen LogP contribution < -0.4 is 9.88 Å². The van der Waals surface area contributed by atoms with Crippen molar-refractivity contribution in [1.82, 2.24) is 4.90 Å². The second-order valence-corrected chi connectivity index (χ2v) is 5.45. The van der Waals surface area contributed by atoms with Gasteiger partial charge in [0.25, 0.3) is 0 Å². The Morgan fingerprint density at radius 2 is 1.72 bits per heavy atom. The van der Waals surface area contributed by atoms with E-state index in [0.29, 0.717) is 12.4 Å². The molecule has 0 unspecified atom stereocenters. The van der Waals surface area contributed by atoms with Crippen molar-refractivity contribution >= 4 is 10.0 Å². The Bertz CT molecular complexity index is 453. The van der Waals surface area contributed by atoms with Crippen LogP contribution in [-0.4, -0.2) is 39.6 Å². The quantitative estimate of drug-likeness (QED) is 0.805. The van der Waals surface area contributed by atoms with Gasteiger partial charge in [0.15, 0.2) is 0 Å². The number of rotatable bonds is 7. The summed E-state index contributed by atoms with van der Waals surface area (Å²) in [5.41, 5.74) is 0. The van der Waals surface area contributed by atoms with Crippen LogP contribution in [0.15, 0.2) is 29.2 Å². The fourth-order valence-corrected chi connectivity index (χ4v) is 2.07. The smallest absolute Gasteiger partial charge is 0.238 e. The lowest BCUT2D eigenvalue weighted by molar-refractivity contribution is 0.222. The van der Waals surface area contributed by atoms with E-state index in [4.69, 9.17) is 9.88 Å². The molecule has 0 aliphatic heterocycles. The van der Waals surface area contributed by atoms with Crippen LogP contribution in [0.25, 0.3) is 0 Å². The first-order chi connectivity index (χ1) is 8.47. The highest BCUT2D eigenvalue weighted by molar-refractivity contribution is 7.89. The number of nitrogens with zero attached hydrogens (tertiary/aromatic N) is 1. The predicted octanol–water partition coefficient (Wildman–Crippen LogP) is 1.05. The van der Waals surface area contributed by atoms with Gasteiger partial charge in [0.05, 0.1) is 4.90 Å². The number of ether oxygens (including phenoxy) is 1. The summed E-state index contributed by atoms with van der Waals surface area (Å²) in [6.07, 6.45) is 0. The van der Waals surface area contributed by atoms with Crippen molar-refractivity contribution < 1.29 is 13.2 Å². The molecular weight excluding hydrogens is 252 g/mol. The molecule has 0 spiro atoms. The van der Waals surface area contributed by atoms with E-state index in [-0.39, 0.29) is 4.90 Å². The summed E-state index contributed by atoms with van der Waals surface area (Å²) < 4.78 is 27.6. The molecular formula is C12H20N2O3S. The second kappa shape index (κ2) is 6.72. The van der Waals surface area contributed by atoms with E-state index < -0.39 is 10.0 Å². The lowest BCUT2D eigenvalue weighted by Gasteiger charge is -2.17. The Morgan fingerprint density at radius 3 is 2.17 bits per heavy atom. The van der Waals surface area contributed by atoms with Crippen LogP contribution in [0.3, 0.4) is 0 Å². The standard InChI is InChI=1S/C12H20N2O3S/c1-3-14(4-2)9-10-17-11-5-7-12(8-6-11)18(13,15)16/h5-8H,3-4,9-10H2,1-2H3,(H2,13,15,16). The molecule has 0 amide bonds. The van der Waals surface area contributed by atoms with Gasteiger partial charge < -0.3 is 9.64 Å². The van der Waals surface area contributed by atoms with Crippen LogP contribution in [0, 0.1) is 0 Å². The Labute approximate surface area is 109 Å². The van der Waals surface area contributed by atoms with Gasteiger partial charge in [0, 0.05) is 6.54 Å². The first kappa shape index (κ1) is 14.9. The molecule has 2 N–H and O–H groups in total. The third-order valence-electron chi connectivity index (χ3n) is 2.72. The summed E-state index contributed by atoms with van der Waals surface area (Å²) in [6.45, 7) is 7.61. The molecule has 18 heavy (non-hydrogen) atoms. The minimum atomic E-state index is -3.63. The maximum atomic E-state index is 11.1. The molecule has 5 nitrogen and oxygen atoms in total. The summed E-state index contributed by atoms with van der Waals surface area (Å²) in [7, 11) is -3.63. The summed E-state index contributed by atoms with van der Waals surface area (Å²) in [4.78, 5) is 2.34. The molecule has 1 aromatic carbocycles. The zero-order chi connectivity index (χ0) is 13.6. The van der Waals surface area contributed by atoms with Crippen molar-refractivity contribution in [3.05, 3.63) is 24.3 Å². The minimum absolute atomic E-state index is 0.0959. The number of primary sulfonamides is 1. The molecule has 0 aliphatic carbocycles. The molecule has 0 aromatic heterocycles. The van der Waals surface area contributed by atoms with Gasteiger partial charge in [-0.05, 0) is 37.4 Å². The van der Waals surface area contributed by atoms with Gasteiger partial charge in [-0.1, -0.05) is 13.8 Å². The van der Waals surface area contributed by atoms with Gasteiger partial charge in [-0.3, -0.25) is 0 Å². The number of hydrogen-bond acceptors (Lipinski definition) is 4. The van der Waals surface area contributed by atoms with Crippen molar-refractivity contribution in [3.63, 3.8) is 0 Å². The summed E-state index contributed by atoms with van der Waals surface area (Å²) in [6, 6.07) is 6.12. The third-order valence-corrected chi connectivity index (χ3v) is 3.65. The highest BCUT2D eigenvalue weighted by atomic mass is 32.2. The largest absolute Gasteiger partial charge is 0.492 e. The van der Waals surface area contributed by atoms with Gasteiger partial charge in [0.1, 0.15) is 12.4 Å². The minimum Gasteiger partial charge on any atom is -0.492 e. The van der Waals surface area contributed by atoms with Crippen LogP contribution in [0.2, 0.25) is 0 Å². The summed E-state index contributed by atoms with van der Waals surface area (Å²) >= 11 is 0. The number of nitrogens with two attached hydrogens (primary N) is 1. The van der Waals surface area contributed by atoms with E-state index in [0.717, 1.165) is 19.6 Å². The number of likely N-dealkylation sites (N-methyl/N-ethyl adjacent to an activating group) is 1. The number of benzene rings is 1. The zero-order valence-electron chi connectivity index (χ0n) is 10.8. The van der Waals surface area contributed by atoms with Crippen LogP contribution >= 0.6 is 0 Å². The predicted molar refractivity (Wildman–Crippen MR) is 71.1 cm³/mol. The Morgan fingerprint density at radius 1 is 1.17 bits per heavy atom. The fourth-order valence-electron chi connectivity index (χ4n) is 1.56. The van der Waals surface area contributed by atoms with Crippen LogP contribution in [0.5, 0.6) is 5.75 Å². The molecule has 1 aromatic rings. The first-order valence-electron chi connectivity index (χ1n) is 5.95. The van der Waals surface area contributed by atoms with E-state index >= 15 is 0 Å².